The average molecular weight is 621 g/mol. The van der Waals surface area contributed by atoms with Crippen LogP contribution in [-0.4, -0.2) is 61.4 Å². The summed E-state index contributed by atoms with van der Waals surface area (Å²) >= 11 is 12.4. The Morgan fingerprint density at radius 3 is 2.16 bits per heavy atom. The molecule has 0 N–H and O–H groups in total. The van der Waals surface area contributed by atoms with E-state index in [0.717, 1.165) is 55.7 Å². The quantitative estimate of drug-likeness (QED) is 0.205. The van der Waals surface area contributed by atoms with Gasteiger partial charge in [-0.1, -0.05) is 90.6 Å². The van der Waals surface area contributed by atoms with Gasteiger partial charge in [0.2, 0.25) is 0 Å². The summed E-state index contributed by atoms with van der Waals surface area (Å²) in [5.41, 5.74) is 2.63. The SMILES string of the molecule is COC(=O)C1(Cc2ccc(Cl)cc2)N=CN(CCc2ccccc2)C1CC1CCC(C(c2ccc(Cl)cc2)N(C)C)CC1. The zero-order valence-electron chi connectivity index (χ0n) is 25.5. The van der Waals surface area contributed by atoms with Crippen molar-refractivity contribution >= 4 is 35.5 Å². The van der Waals surface area contributed by atoms with Crippen molar-refractivity contribution in [1.29, 1.82) is 0 Å². The van der Waals surface area contributed by atoms with Crippen LogP contribution in [0.15, 0.2) is 83.9 Å². The van der Waals surface area contributed by atoms with Crippen molar-refractivity contribution in [3.8, 4) is 0 Å². The number of halogens is 2. The van der Waals surface area contributed by atoms with Gasteiger partial charge in [-0.2, -0.15) is 0 Å². The molecule has 0 bridgehead atoms. The molecule has 3 aromatic rings. The Morgan fingerprint density at radius 1 is 0.930 bits per heavy atom. The number of hydrogen-bond acceptors (Lipinski definition) is 5. The highest BCUT2D eigenvalue weighted by Gasteiger charge is 2.53. The molecule has 0 radical (unpaired) electrons. The molecule has 0 aromatic heterocycles. The van der Waals surface area contributed by atoms with Gasteiger partial charge >= 0.3 is 5.97 Å². The van der Waals surface area contributed by atoms with Crippen LogP contribution in [0.1, 0.15) is 54.8 Å². The molecule has 3 unspecified atom stereocenters. The van der Waals surface area contributed by atoms with Gasteiger partial charge < -0.3 is 14.5 Å². The zero-order valence-corrected chi connectivity index (χ0v) is 27.0. The molecule has 7 heteroatoms. The molecular formula is C36H43Cl2N3O2. The topological polar surface area (TPSA) is 45.1 Å². The molecule has 43 heavy (non-hydrogen) atoms. The van der Waals surface area contributed by atoms with E-state index in [4.69, 9.17) is 32.9 Å². The van der Waals surface area contributed by atoms with Gasteiger partial charge in [-0.15, -0.1) is 0 Å². The minimum absolute atomic E-state index is 0.0817. The van der Waals surface area contributed by atoms with Crippen LogP contribution < -0.4 is 0 Å². The molecule has 5 rings (SSSR count). The number of benzene rings is 3. The lowest BCUT2D eigenvalue weighted by Gasteiger charge is -2.41. The van der Waals surface area contributed by atoms with Crippen LogP contribution in [-0.2, 0) is 22.4 Å². The molecule has 3 aromatic carbocycles. The maximum atomic E-state index is 13.7. The molecule has 1 fully saturated rings. The minimum Gasteiger partial charge on any atom is -0.467 e. The third-order valence-corrected chi connectivity index (χ3v) is 9.98. The molecule has 0 spiro atoms. The summed E-state index contributed by atoms with van der Waals surface area (Å²) in [6.45, 7) is 0.798. The molecule has 228 valence electrons. The zero-order chi connectivity index (χ0) is 30.4. The molecule has 0 amide bonds. The van der Waals surface area contributed by atoms with E-state index in [-0.39, 0.29) is 12.0 Å². The van der Waals surface area contributed by atoms with Gasteiger partial charge in [0.1, 0.15) is 0 Å². The fraction of sp³-hybridized carbons (Fsp3) is 0.444. The van der Waals surface area contributed by atoms with Crippen LogP contribution in [0.5, 0.6) is 0 Å². The second-order valence-electron chi connectivity index (χ2n) is 12.4. The first-order valence-corrected chi connectivity index (χ1v) is 16.1. The van der Waals surface area contributed by atoms with Crippen LogP contribution in [0.3, 0.4) is 0 Å². The predicted molar refractivity (Wildman–Crippen MR) is 177 cm³/mol. The number of carbonyl (C=O) groups excluding carboxylic acids is 1. The van der Waals surface area contributed by atoms with E-state index in [1.807, 2.05) is 48.8 Å². The van der Waals surface area contributed by atoms with Crippen molar-refractivity contribution in [3.05, 3.63) is 106 Å². The lowest BCUT2D eigenvalue weighted by Crippen LogP contribution is -2.54. The normalized spacial score (nSPS) is 24.3. The van der Waals surface area contributed by atoms with Gasteiger partial charge in [-0.05, 0) is 92.6 Å². The second-order valence-corrected chi connectivity index (χ2v) is 13.3. The summed E-state index contributed by atoms with van der Waals surface area (Å²) in [7, 11) is 5.83. The first-order valence-electron chi connectivity index (χ1n) is 15.4. The number of nitrogens with zero attached hydrogens (tertiary/aromatic N) is 3. The smallest absolute Gasteiger partial charge is 0.336 e. The van der Waals surface area contributed by atoms with Crippen molar-refractivity contribution in [2.75, 3.05) is 27.7 Å². The predicted octanol–water partition coefficient (Wildman–Crippen LogP) is 7.90. The summed E-state index contributed by atoms with van der Waals surface area (Å²) in [6.07, 6.45) is 8.74. The maximum Gasteiger partial charge on any atom is 0.336 e. The summed E-state index contributed by atoms with van der Waals surface area (Å²) in [6, 6.07) is 26.9. The second kappa shape index (κ2) is 14.3. The van der Waals surface area contributed by atoms with Crippen molar-refractivity contribution in [1.82, 2.24) is 9.80 Å². The van der Waals surface area contributed by atoms with Crippen LogP contribution >= 0.6 is 23.2 Å². The molecule has 2 aliphatic rings. The van der Waals surface area contributed by atoms with Crippen LogP contribution in [0.2, 0.25) is 10.0 Å². The first kappa shape index (κ1) is 31.6. The van der Waals surface area contributed by atoms with Crippen LogP contribution in [0.4, 0.5) is 0 Å². The number of hydrogen-bond donors (Lipinski definition) is 0. The molecule has 0 saturated heterocycles. The number of esters is 1. The molecule has 3 atom stereocenters. The Morgan fingerprint density at radius 2 is 1.56 bits per heavy atom. The highest BCUT2D eigenvalue weighted by atomic mass is 35.5. The summed E-state index contributed by atoms with van der Waals surface area (Å²) in [4.78, 5) is 23.3. The maximum absolute atomic E-state index is 13.7. The lowest BCUT2D eigenvalue weighted by atomic mass is 9.72. The van der Waals surface area contributed by atoms with Gasteiger partial charge in [-0.25, -0.2) is 4.79 Å². The van der Waals surface area contributed by atoms with Crippen LogP contribution in [0, 0.1) is 11.8 Å². The molecule has 1 saturated carbocycles. The monoisotopic (exact) mass is 619 g/mol. The molecular weight excluding hydrogens is 577 g/mol. The third kappa shape index (κ3) is 7.45. The molecule has 1 heterocycles. The Labute approximate surface area is 266 Å². The summed E-state index contributed by atoms with van der Waals surface area (Å²) in [5, 5.41) is 1.45. The van der Waals surface area contributed by atoms with Gasteiger partial charge in [0.15, 0.2) is 5.54 Å². The fourth-order valence-electron chi connectivity index (χ4n) is 7.29. The van der Waals surface area contributed by atoms with E-state index in [1.165, 1.54) is 18.2 Å². The number of rotatable bonds is 11. The van der Waals surface area contributed by atoms with E-state index >= 15 is 0 Å². The van der Waals surface area contributed by atoms with Gasteiger partial charge in [-0.3, -0.25) is 4.99 Å². The highest BCUT2D eigenvalue weighted by Crippen LogP contribution is 2.43. The minimum atomic E-state index is -0.994. The number of methoxy groups -OCH3 is 1. The number of ether oxygens (including phenoxy) is 1. The van der Waals surface area contributed by atoms with Gasteiger partial charge in [0.05, 0.1) is 19.5 Å². The van der Waals surface area contributed by atoms with E-state index < -0.39 is 5.54 Å². The number of aliphatic imine (C=N–C) groups is 1. The Hall–Kier alpha value is -2.86. The molecule has 1 aliphatic heterocycles. The van der Waals surface area contributed by atoms with Gasteiger partial charge in [0.25, 0.3) is 0 Å². The lowest BCUT2D eigenvalue weighted by molar-refractivity contribution is -0.148. The summed E-state index contributed by atoms with van der Waals surface area (Å²) in [5.74, 6) is 0.806. The average Bonchev–Trinajstić information content (AvgIpc) is 3.36. The largest absolute Gasteiger partial charge is 0.467 e. The van der Waals surface area contributed by atoms with E-state index in [1.54, 1.807) is 0 Å². The summed E-state index contributed by atoms with van der Waals surface area (Å²) < 4.78 is 5.48. The van der Waals surface area contributed by atoms with E-state index in [9.17, 15) is 4.79 Å². The first-order chi connectivity index (χ1) is 20.8. The van der Waals surface area contributed by atoms with Crippen molar-refractivity contribution in [3.63, 3.8) is 0 Å². The number of carbonyl (C=O) groups is 1. The Bertz CT molecular complexity index is 1360. The van der Waals surface area contributed by atoms with Crippen molar-refractivity contribution in [2.24, 2.45) is 16.8 Å². The standard InChI is InChI=1S/C36H43Cl2N3O2/c1-40(2)34(30-15-19-32(38)20-16-30)29-13-9-27(10-14-29)23-33-36(35(42)43-3,24-28-11-17-31(37)18-12-28)39-25-41(33)22-21-26-7-5-4-6-8-26/h4-8,11-12,15-20,25,27,29,33-34H,9-10,13-14,21-24H2,1-3H3. The van der Waals surface area contributed by atoms with Crippen molar-refractivity contribution < 1.29 is 9.53 Å². The highest BCUT2D eigenvalue weighted by molar-refractivity contribution is 6.30. The van der Waals surface area contributed by atoms with E-state index in [0.29, 0.717) is 29.3 Å². The molecule has 1 aliphatic carbocycles. The van der Waals surface area contributed by atoms with Crippen molar-refractivity contribution in [2.45, 2.75) is 62.6 Å². The van der Waals surface area contributed by atoms with Crippen LogP contribution in [0.25, 0.3) is 0 Å². The molecule has 5 nitrogen and oxygen atoms in total. The van der Waals surface area contributed by atoms with Gasteiger partial charge in [0, 0.05) is 29.1 Å². The fourth-order valence-corrected chi connectivity index (χ4v) is 7.54. The Kier molecular flexibility index (Phi) is 10.5. The Balaban J connectivity index is 1.35. The van der Waals surface area contributed by atoms with E-state index in [2.05, 4.69) is 60.3 Å². The third-order valence-electron chi connectivity index (χ3n) is 9.48.